The SMILES string of the molecule is Cc1cc(Nc2cc(F)c(F)cc2F)cc(C(=O)O)c1N. The number of aryl methyl sites for hydroxylation is 1. The third-order valence-electron chi connectivity index (χ3n) is 2.91. The van der Waals surface area contributed by atoms with Crippen molar-refractivity contribution < 1.29 is 23.1 Å². The summed E-state index contributed by atoms with van der Waals surface area (Å²) in [5.74, 6) is -4.77. The molecule has 0 saturated heterocycles. The molecule has 0 unspecified atom stereocenters. The van der Waals surface area contributed by atoms with E-state index in [1.54, 1.807) is 6.92 Å². The number of nitrogen functional groups attached to an aromatic ring is 1. The van der Waals surface area contributed by atoms with E-state index in [-0.39, 0.29) is 22.6 Å². The van der Waals surface area contributed by atoms with Gasteiger partial charge in [-0.05, 0) is 24.6 Å². The summed E-state index contributed by atoms with van der Waals surface area (Å²) < 4.78 is 39.5. The number of nitrogens with two attached hydrogens (primary N) is 1. The van der Waals surface area contributed by atoms with Crippen LogP contribution in [0.3, 0.4) is 0 Å². The summed E-state index contributed by atoms with van der Waals surface area (Å²) in [6.45, 7) is 1.58. The average molecular weight is 296 g/mol. The number of aromatic carboxylic acids is 1. The van der Waals surface area contributed by atoms with E-state index in [9.17, 15) is 18.0 Å². The second-order valence-corrected chi connectivity index (χ2v) is 4.43. The fraction of sp³-hybridized carbons (Fsp3) is 0.0714. The van der Waals surface area contributed by atoms with Gasteiger partial charge in [-0.25, -0.2) is 18.0 Å². The minimum atomic E-state index is -1.31. The van der Waals surface area contributed by atoms with Crippen molar-refractivity contribution in [1.82, 2.24) is 0 Å². The number of rotatable bonds is 3. The summed E-state index contributed by atoms with van der Waals surface area (Å²) in [4.78, 5) is 11.1. The van der Waals surface area contributed by atoms with Crippen molar-refractivity contribution in [2.45, 2.75) is 6.92 Å². The number of halogens is 3. The lowest BCUT2D eigenvalue weighted by Gasteiger charge is -2.12. The number of hydrogen-bond donors (Lipinski definition) is 3. The molecular formula is C14H11F3N2O2. The second-order valence-electron chi connectivity index (χ2n) is 4.43. The van der Waals surface area contributed by atoms with Gasteiger partial charge in [0.2, 0.25) is 0 Å². The molecule has 2 aromatic carbocycles. The monoisotopic (exact) mass is 296 g/mol. The van der Waals surface area contributed by atoms with Crippen LogP contribution in [0, 0.1) is 24.4 Å². The zero-order chi connectivity index (χ0) is 15.7. The topological polar surface area (TPSA) is 75.3 Å². The van der Waals surface area contributed by atoms with Gasteiger partial charge in [-0.1, -0.05) is 0 Å². The molecule has 0 saturated carbocycles. The highest BCUT2D eigenvalue weighted by Crippen LogP contribution is 2.27. The van der Waals surface area contributed by atoms with E-state index in [2.05, 4.69) is 5.32 Å². The van der Waals surface area contributed by atoms with E-state index in [0.717, 1.165) is 0 Å². The number of carbonyl (C=O) groups is 1. The molecule has 0 aromatic heterocycles. The normalized spacial score (nSPS) is 10.5. The summed E-state index contributed by atoms with van der Waals surface area (Å²) >= 11 is 0. The largest absolute Gasteiger partial charge is 0.478 e. The van der Waals surface area contributed by atoms with E-state index in [1.165, 1.54) is 12.1 Å². The molecule has 110 valence electrons. The molecule has 0 aliphatic heterocycles. The zero-order valence-electron chi connectivity index (χ0n) is 10.9. The van der Waals surface area contributed by atoms with Crippen LogP contribution in [-0.4, -0.2) is 11.1 Å². The van der Waals surface area contributed by atoms with Crippen LogP contribution < -0.4 is 11.1 Å². The molecule has 0 fully saturated rings. The van der Waals surface area contributed by atoms with Crippen LogP contribution in [0.1, 0.15) is 15.9 Å². The van der Waals surface area contributed by atoms with E-state index >= 15 is 0 Å². The molecule has 0 bridgehead atoms. The fourth-order valence-electron chi connectivity index (χ4n) is 1.82. The maximum absolute atomic E-state index is 13.5. The summed E-state index contributed by atoms with van der Waals surface area (Å²) in [7, 11) is 0. The van der Waals surface area contributed by atoms with Gasteiger partial charge in [-0.3, -0.25) is 0 Å². The van der Waals surface area contributed by atoms with E-state index in [4.69, 9.17) is 10.8 Å². The number of nitrogens with one attached hydrogen (secondary N) is 1. The molecule has 4 nitrogen and oxygen atoms in total. The van der Waals surface area contributed by atoms with Gasteiger partial charge < -0.3 is 16.2 Å². The minimum Gasteiger partial charge on any atom is -0.478 e. The number of anilines is 3. The van der Waals surface area contributed by atoms with E-state index in [0.29, 0.717) is 17.7 Å². The lowest BCUT2D eigenvalue weighted by atomic mass is 10.1. The van der Waals surface area contributed by atoms with Crippen LogP contribution >= 0.6 is 0 Å². The Morgan fingerprint density at radius 2 is 1.71 bits per heavy atom. The van der Waals surface area contributed by atoms with Crippen molar-refractivity contribution in [1.29, 1.82) is 0 Å². The van der Waals surface area contributed by atoms with Gasteiger partial charge in [0.25, 0.3) is 0 Å². The number of hydrogen-bond acceptors (Lipinski definition) is 3. The Bertz CT molecular complexity index is 733. The maximum Gasteiger partial charge on any atom is 0.337 e. The number of carboxylic acid groups (broad SMARTS) is 1. The van der Waals surface area contributed by atoms with Crippen LogP contribution in [-0.2, 0) is 0 Å². The zero-order valence-corrected chi connectivity index (χ0v) is 10.9. The molecule has 0 spiro atoms. The molecule has 7 heteroatoms. The van der Waals surface area contributed by atoms with Gasteiger partial charge in [0.05, 0.1) is 11.3 Å². The predicted octanol–water partition coefficient (Wildman–Crippen LogP) is 3.44. The standard InChI is InChI=1S/C14H11F3N2O2/c1-6-2-7(3-8(13(6)18)14(20)21)19-12-5-10(16)9(15)4-11(12)17/h2-5,19H,18H2,1H3,(H,20,21). The Morgan fingerprint density at radius 1 is 1.10 bits per heavy atom. The Morgan fingerprint density at radius 3 is 2.33 bits per heavy atom. The van der Waals surface area contributed by atoms with E-state index < -0.39 is 23.4 Å². The lowest BCUT2D eigenvalue weighted by Crippen LogP contribution is -2.06. The first-order chi connectivity index (χ1) is 9.79. The Hall–Kier alpha value is -2.70. The van der Waals surface area contributed by atoms with Gasteiger partial charge in [-0.2, -0.15) is 0 Å². The first kappa shape index (κ1) is 14.7. The highest BCUT2D eigenvalue weighted by atomic mass is 19.2. The summed E-state index contributed by atoms with van der Waals surface area (Å²) in [5, 5.41) is 11.5. The predicted molar refractivity (Wildman–Crippen MR) is 72.1 cm³/mol. The molecule has 2 rings (SSSR count). The molecule has 0 aliphatic carbocycles. The molecular weight excluding hydrogens is 285 g/mol. The molecule has 0 amide bonds. The number of carboxylic acids is 1. The Balaban J connectivity index is 2.45. The lowest BCUT2D eigenvalue weighted by molar-refractivity contribution is 0.0698. The first-order valence-electron chi connectivity index (χ1n) is 5.84. The quantitative estimate of drug-likeness (QED) is 0.599. The van der Waals surface area contributed by atoms with Crippen molar-refractivity contribution in [3.05, 3.63) is 52.8 Å². The molecule has 4 N–H and O–H groups in total. The van der Waals surface area contributed by atoms with E-state index in [1.807, 2.05) is 0 Å². The van der Waals surface area contributed by atoms with Crippen molar-refractivity contribution in [3.8, 4) is 0 Å². The maximum atomic E-state index is 13.5. The van der Waals surface area contributed by atoms with Gasteiger partial charge in [0, 0.05) is 23.5 Å². The summed E-state index contributed by atoms with van der Waals surface area (Å²) in [5.41, 5.74) is 5.89. The van der Waals surface area contributed by atoms with Crippen molar-refractivity contribution in [2.75, 3.05) is 11.1 Å². The first-order valence-corrected chi connectivity index (χ1v) is 5.84. The molecule has 0 radical (unpaired) electrons. The summed E-state index contributed by atoms with van der Waals surface area (Å²) in [6.07, 6.45) is 0. The van der Waals surface area contributed by atoms with Crippen LogP contribution in [0.2, 0.25) is 0 Å². The minimum absolute atomic E-state index is 0.0822. The van der Waals surface area contributed by atoms with Crippen molar-refractivity contribution in [2.24, 2.45) is 0 Å². The smallest absolute Gasteiger partial charge is 0.337 e. The molecule has 21 heavy (non-hydrogen) atoms. The Labute approximate surface area is 118 Å². The van der Waals surface area contributed by atoms with Crippen LogP contribution in [0.4, 0.5) is 30.2 Å². The highest BCUT2D eigenvalue weighted by Gasteiger charge is 2.14. The highest BCUT2D eigenvalue weighted by molar-refractivity contribution is 5.96. The van der Waals surface area contributed by atoms with Crippen LogP contribution in [0.25, 0.3) is 0 Å². The second kappa shape index (κ2) is 5.35. The van der Waals surface area contributed by atoms with Gasteiger partial charge in [0.1, 0.15) is 5.82 Å². The average Bonchev–Trinajstić information content (AvgIpc) is 2.39. The molecule has 0 heterocycles. The molecule has 0 aliphatic rings. The molecule has 2 aromatic rings. The molecule has 0 atom stereocenters. The third kappa shape index (κ3) is 2.91. The van der Waals surface area contributed by atoms with Gasteiger partial charge in [0.15, 0.2) is 11.6 Å². The van der Waals surface area contributed by atoms with Crippen molar-refractivity contribution >= 4 is 23.0 Å². The van der Waals surface area contributed by atoms with Crippen LogP contribution in [0.15, 0.2) is 24.3 Å². The van der Waals surface area contributed by atoms with Crippen molar-refractivity contribution in [3.63, 3.8) is 0 Å². The Kier molecular flexibility index (Phi) is 3.75. The third-order valence-corrected chi connectivity index (χ3v) is 2.91. The van der Waals surface area contributed by atoms with Gasteiger partial charge in [-0.15, -0.1) is 0 Å². The van der Waals surface area contributed by atoms with Crippen LogP contribution in [0.5, 0.6) is 0 Å². The van der Waals surface area contributed by atoms with Gasteiger partial charge >= 0.3 is 5.97 Å². The summed E-state index contributed by atoms with van der Waals surface area (Å²) in [6, 6.07) is 3.71. The number of benzene rings is 2. The fourth-order valence-corrected chi connectivity index (χ4v) is 1.82.